The van der Waals surface area contributed by atoms with Crippen molar-refractivity contribution in [2.45, 2.75) is 56.7 Å². The first kappa shape index (κ1) is 24.5. The molecular formula is C24H30ClNO6. The maximum atomic E-state index is 10.5. The number of hydrogen-bond donors (Lipinski definition) is 3. The van der Waals surface area contributed by atoms with E-state index < -0.39 is 30.5 Å². The van der Waals surface area contributed by atoms with E-state index in [0.29, 0.717) is 36.5 Å². The minimum atomic E-state index is -1.27. The van der Waals surface area contributed by atoms with E-state index in [1.807, 2.05) is 37.3 Å². The molecular weight excluding hydrogens is 434 g/mol. The Balaban J connectivity index is 1.69. The van der Waals surface area contributed by atoms with Gasteiger partial charge in [0.2, 0.25) is 0 Å². The summed E-state index contributed by atoms with van der Waals surface area (Å²) in [6.45, 7) is 2.37. The third kappa shape index (κ3) is 5.99. The van der Waals surface area contributed by atoms with Crippen molar-refractivity contribution in [1.82, 2.24) is 0 Å². The number of aliphatic hydroxyl groups is 3. The fraction of sp³-hybridized carbons (Fsp3) is 0.458. The number of benzene rings is 2. The van der Waals surface area contributed by atoms with Crippen molar-refractivity contribution in [2.75, 3.05) is 13.7 Å². The van der Waals surface area contributed by atoms with E-state index >= 15 is 0 Å². The third-order valence-corrected chi connectivity index (χ3v) is 5.90. The van der Waals surface area contributed by atoms with Gasteiger partial charge in [-0.2, -0.15) is 0 Å². The van der Waals surface area contributed by atoms with Gasteiger partial charge in [-0.25, -0.2) is 0 Å². The fourth-order valence-electron chi connectivity index (χ4n) is 3.75. The lowest BCUT2D eigenvalue weighted by atomic mass is 9.89. The fourth-order valence-corrected chi connectivity index (χ4v) is 3.94. The van der Waals surface area contributed by atoms with Gasteiger partial charge in [0, 0.05) is 17.7 Å². The first-order valence-corrected chi connectivity index (χ1v) is 11.1. The molecule has 0 bridgehead atoms. The van der Waals surface area contributed by atoms with Crippen LogP contribution in [-0.2, 0) is 16.0 Å². The van der Waals surface area contributed by atoms with Gasteiger partial charge in [-0.1, -0.05) is 47.9 Å². The average molecular weight is 464 g/mol. The Kier molecular flexibility index (Phi) is 8.90. The maximum absolute atomic E-state index is 10.5. The Bertz CT molecular complexity index is 889. The number of halogens is 1. The summed E-state index contributed by atoms with van der Waals surface area (Å²) in [6.07, 6.45) is -1.51. The van der Waals surface area contributed by atoms with Gasteiger partial charge < -0.3 is 29.6 Å². The van der Waals surface area contributed by atoms with Gasteiger partial charge >= 0.3 is 0 Å². The molecule has 1 aliphatic rings. The van der Waals surface area contributed by atoms with E-state index in [1.54, 1.807) is 18.3 Å². The highest BCUT2D eigenvalue weighted by Crippen LogP contribution is 2.35. The Morgan fingerprint density at radius 2 is 1.81 bits per heavy atom. The summed E-state index contributed by atoms with van der Waals surface area (Å²) in [7, 11) is 1.50. The molecule has 0 aromatic heterocycles. The molecule has 3 N–H and O–H groups in total. The Labute approximate surface area is 193 Å². The summed E-state index contributed by atoms with van der Waals surface area (Å²) < 4.78 is 11.6. The van der Waals surface area contributed by atoms with E-state index in [-0.39, 0.29) is 0 Å². The van der Waals surface area contributed by atoms with Gasteiger partial charge in [-0.15, -0.1) is 0 Å². The second kappa shape index (κ2) is 11.6. The van der Waals surface area contributed by atoms with Crippen LogP contribution in [0.2, 0.25) is 5.02 Å². The van der Waals surface area contributed by atoms with Crippen molar-refractivity contribution < 1.29 is 29.6 Å². The third-order valence-electron chi connectivity index (χ3n) is 5.53. The van der Waals surface area contributed by atoms with Crippen LogP contribution in [0.5, 0.6) is 5.75 Å². The number of hydrogen-bond acceptors (Lipinski definition) is 7. The van der Waals surface area contributed by atoms with Crippen molar-refractivity contribution in [3.8, 4) is 5.75 Å². The Morgan fingerprint density at radius 1 is 1.06 bits per heavy atom. The SMILES string of the molecule is CC[C@H]1O[C@@H](c2ccc(Cl)c(Cc3ccc(OCCC=NOC)cc3)c2)[C@H](O)[C@@H](O)[C@@H]1O. The van der Waals surface area contributed by atoms with E-state index in [1.165, 1.54) is 7.11 Å². The van der Waals surface area contributed by atoms with E-state index in [2.05, 4.69) is 9.99 Å². The van der Waals surface area contributed by atoms with Gasteiger partial charge in [-0.3, -0.25) is 0 Å². The standard InChI is InChI=1S/C24H30ClNO6/c1-3-20-21(27)22(28)23(29)24(32-20)16-7-10-19(25)17(14-16)13-15-5-8-18(9-6-15)31-12-4-11-26-30-2/h5-11,14,20-24,27-29H,3-4,12-13H2,1-2H3/t20-,21-,22+,23-,24+/m1/s1. The molecule has 5 atom stereocenters. The van der Waals surface area contributed by atoms with Crippen LogP contribution in [0.25, 0.3) is 0 Å². The van der Waals surface area contributed by atoms with Crippen LogP contribution in [-0.4, -0.2) is 59.7 Å². The first-order chi connectivity index (χ1) is 15.4. The molecule has 32 heavy (non-hydrogen) atoms. The second-order valence-corrected chi connectivity index (χ2v) is 8.16. The summed E-state index contributed by atoms with van der Waals surface area (Å²) >= 11 is 6.43. The predicted octanol–water partition coefficient (Wildman–Crippen LogP) is 3.26. The minimum absolute atomic E-state index is 0.503. The van der Waals surface area contributed by atoms with Crippen molar-refractivity contribution in [3.05, 3.63) is 64.2 Å². The highest BCUT2D eigenvalue weighted by atomic mass is 35.5. The van der Waals surface area contributed by atoms with Gasteiger partial charge in [0.25, 0.3) is 0 Å². The van der Waals surface area contributed by atoms with E-state index in [9.17, 15) is 15.3 Å². The summed E-state index contributed by atoms with van der Waals surface area (Å²) in [5.41, 5.74) is 2.63. The quantitative estimate of drug-likeness (QED) is 0.300. The number of rotatable bonds is 9. The molecule has 3 rings (SSSR count). The second-order valence-electron chi connectivity index (χ2n) is 7.75. The molecule has 2 aromatic rings. The van der Waals surface area contributed by atoms with Crippen LogP contribution in [0.4, 0.5) is 0 Å². The molecule has 8 heteroatoms. The Hall–Kier alpha value is -2.16. The number of oxime groups is 1. The predicted molar refractivity (Wildman–Crippen MR) is 122 cm³/mol. The number of nitrogens with zero attached hydrogens (tertiary/aromatic N) is 1. The molecule has 1 fully saturated rings. The molecule has 7 nitrogen and oxygen atoms in total. The van der Waals surface area contributed by atoms with Crippen LogP contribution in [0.1, 0.15) is 42.6 Å². The lowest BCUT2D eigenvalue weighted by Crippen LogP contribution is -2.53. The number of aliphatic hydroxyl groups excluding tert-OH is 3. The molecule has 0 spiro atoms. The molecule has 0 aliphatic carbocycles. The van der Waals surface area contributed by atoms with Gasteiger partial charge in [0.1, 0.15) is 37.3 Å². The topological polar surface area (TPSA) is 101 Å². The van der Waals surface area contributed by atoms with Crippen molar-refractivity contribution in [3.63, 3.8) is 0 Å². The smallest absolute Gasteiger partial charge is 0.119 e. The molecule has 2 aromatic carbocycles. The normalized spacial score (nSPS) is 25.8. The van der Waals surface area contributed by atoms with E-state index in [0.717, 1.165) is 16.9 Å². The minimum Gasteiger partial charge on any atom is -0.493 e. The Morgan fingerprint density at radius 3 is 2.50 bits per heavy atom. The van der Waals surface area contributed by atoms with E-state index in [4.69, 9.17) is 21.1 Å². The molecule has 0 amide bonds. The number of ether oxygens (including phenoxy) is 2. The monoisotopic (exact) mass is 463 g/mol. The van der Waals surface area contributed by atoms with Crippen molar-refractivity contribution in [1.29, 1.82) is 0 Å². The summed E-state index contributed by atoms with van der Waals surface area (Å²) in [4.78, 5) is 4.61. The highest BCUT2D eigenvalue weighted by Gasteiger charge is 2.43. The molecule has 1 heterocycles. The van der Waals surface area contributed by atoms with Crippen LogP contribution in [0.3, 0.4) is 0 Å². The average Bonchev–Trinajstić information content (AvgIpc) is 2.80. The summed E-state index contributed by atoms with van der Waals surface area (Å²) in [6, 6.07) is 13.2. The summed E-state index contributed by atoms with van der Waals surface area (Å²) in [5, 5.41) is 35.1. The zero-order chi connectivity index (χ0) is 23.1. The summed E-state index contributed by atoms with van der Waals surface area (Å²) in [5.74, 6) is 0.760. The van der Waals surface area contributed by atoms with Crippen LogP contribution in [0, 0.1) is 0 Å². The first-order valence-electron chi connectivity index (χ1n) is 10.7. The van der Waals surface area contributed by atoms with Gasteiger partial charge in [0.05, 0.1) is 12.7 Å². The van der Waals surface area contributed by atoms with Crippen LogP contribution in [0.15, 0.2) is 47.6 Å². The molecule has 1 saturated heterocycles. The van der Waals surface area contributed by atoms with Gasteiger partial charge in [-0.05, 0) is 47.7 Å². The lowest BCUT2D eigenvalue weighted by Gasteiger charge is -2.40. The zero-order valence-electron chi connectivity index (χ0n) is 18.2. The van der Waals surface area contributed by atoms with Crippen molar-refractivity contribution in [2.24, 2.45) is 5.16 Å². The van der Waals surface area contributed by atoms with Crippen LogP contribution < -0.4 is 4.74 Å². The molecule has 174 valence electrons. The molecule has 0 unspecified atom stereocenters. The maximum Gasteiger partial charge on any atom is 0.119 e. The molecule has 0 radical (unpaired) electrons. The van der Waals surface area contributed by atoms with Crippen LogP contribution >= 0.6 is 11.6 Å². The largest absolute Gasteiger partial charge is 0.493 e. The highest BCUT2D eigenvalue weighted by molar-refractivity contribution is 6.31. The molecule has 1 aliphatic heterocycles. The molecule has 0 saturated carbocycles. The lowest BCUT2D eigenvalue weighted by molar-refractivity contribution is -0.225. The van der Waals surface area contributed by atoms with Crippen molar-refractivity contribution >= 4 is 17.8 Å². The van der Waals surface area contributed by atoms with Gasteiger partial charge in [0.15, 0.2) is 0 Å². The zero-order valence-corrected chi connectivity index (χ0v) is 19.0.